The number of fused-ring (bicyclic) bond motifs is 1. The SMILES string of the molecule is Cc1ccc(S(=O)(=O)NCC(=O)N/N=C\c2ccc(OC(=O)c3sc4ccccc4c3Cl)cc2)cc1. The minimum atomic E-state index is -3.81. The number of nitrogens with zero attached hydrogens (tertiary/aromatic N) is 1. The minimum Gasteiger partial charge on any atom is -0.422 e. The number of ether oxygens (including phenoxy) is 1. The molecule has 0 unspecified atom stereocenters. The van der Waals surface area contributed by atoms with Gasteiger partial charge in [-0.25, -0.2) is 23.4 Å². The summed E-state index contributed by atoms with van der Waals surface area (Å²) in [4.78, 5) is 24.9. The summed E-state index contributed by atoms with van der Waals surface area (Å²) in [5.41, 5.74) is 3.80. The fourth-order valence-electron chi connectivity index (χ4n) is 3.10. The molecule has 1 heterocycles. The molecular formula is C25H20ClN3O5S2. The molecule has 0 radical (unpaired) electrons. The van der Waals surface area contributed by atoms with Crippen LogP contribution in [0.3, 0.4) is 0 Å². The van der Waals surface area contributed by atoms with Crippen molar-refractivity contribution in [1.29, 1.82) is 0 Å². The molecule has 2 N–H and O–H groups in total. The zero-order valence-electron chi connectivity index (χ0n) is 18.9. The van der Waals surface area contributed by atoms with Crippen LogP contribution in [0.25, 0.3) is 10.1 Å². The molecule has 184 valence electrons. The lowest BCUT2D eigenvalue weighted by atomic mass is 10.2. The van der Waals surface area contributed by atoms with E-state index in [4.69, 9.17) is 16.3 Å². The Bertz CT molecular complexity index is 1550. The van der Waals surface area contributed by atoms with Gasteiger partial charge in [0.25, 0.3) is 5.91 Å². The van der Waals surface area contributed by atoms with Gasteiger partial charge in [-0.3, -0.25) is 4.79 Å². The van der Waals surface area contributed by atoms with Crippen molar-refractivity contribution >= 4 is 61.1 Å². The van der Waals surface area contributed by atoms with Gasteiger partial charge in [-0.1, -0.05) is 47.5 Å². The number of hydrogen-bond acceptors (Lipinski definition) is 7. The third-order valence-corrected chi connectivity index (χ3v) is 8.04. The van der Waals surface area contributed by atoms with E-state index in [9.17, 15) is 18.0 Å². The molecule has 0 bridgehead atoms. The number of carbonyl (C=O) groups excluding carboxylic acids is 2. The molecule has 3 aromatic carbocycles. The topological polar surface area (TPSA) is 114 Å². The van der Waals surface area contributed by atoms with Crippen LogP contribution in [0.4, 0.5) is 0 Å². The first kappa shape index (κ1) is 25.5. The molecule has 36 heavy (non-hydrogen) atoms. The zero-order valence-corrected chi connectivity index (χ0v) is 21.3. The lowest BCUT2D eigenvalue weighted by molar-refractivity contribution is -0.119. The molecule has 1 amide bonds. The number of halogens is 1. The molecule has 4 aromatic rings. The van der Waals surface area contributed by atoms with Crippen molar-refractivity contribution in [3.8, 4) is 5.75 Å². The van der Waals surface area contributed by atoms with Gasteiger partial charge in [0.2, 0.25) is 10.0 Å². The molecule has 0 aliphatic carbocycles. The smallest absolute Gasteiger partial charge is 0.355 e. The van der Waals surface area contributed by atoms with Crippen LogP contribution < -0.4 is 14.9 Å². The van der Waals surface area contributed by atoms with Crippen LogP contribution in [-0.4, -0.2) is 33.1 Å². The summed E-state index contributed by atoms with van der Waals surface area (Å²) >= 11 is 7.59. The molecule has 0 saturated heterocycles. The Morgan fingerprint density at radius 2 is 1.72 bits per heavy atom. The highest BCUT2D eigenvalue weighted by molar-refractivity contribution is 7.89. The van der Waals surface area contributed by atoms with E-state index in [2.05, 4.69) is 15.2 Å². The second-order valence-corrected chi connectivity index (χ2v) is 10.8. The fourth-order valence-corrected chi connectivity index (χ4v) is 5.47. The Kier molecular flexibility index (Phi) is 7.80. The molecule has 11 heteroatoms. The Morgan fingerprint density at radius 3 is 2.42 bits per heavy atom. The van der Waals surface area contributed by atoms with Crippen molar-refractivity contribution in [1.82, 2.24) is 10.1 Å². The number of aryl methyl sites for hydroxylation is 1. The predicted octanol–water partition coefficient (Wildman–Crippen LogP) is 4.51. The standard InChI is InChI=1S/C25H20ClN3O5S2/c1-16-6-12-19(13-7-16)36(32,33)28-15-22(30)29-27-14-17-8-10-18(11-9-17)34-25(31)24-23(26)20-4-2-3-5-21(20)35-24/h2-14,28H,15H2,1H3,(H,29,30)/b27-14-. The number of rotatable bonds is 8. The average Bonchev–Trinajstić information content (AvgIpc) is 3.21. The van der Waals surface area contributed by atoms with Gasteiger partial charge in [-0.15, -0.1) is 11.3 Å². The molecule has 1 aromatic heterocycles. The molecule has 0 aliphatic heterocycles. The Morgan fingerprint density at radius 1 is 1.03 bits per heavy atom. The second-order valence-electron chi connectivity index (χ2n) is 7.63. The van der Waals surface area contributed by atoms with Crippen LogP contribution >= 0.6 is 22.9 Å². The number of esters is 1. The number of carbonyl (C=O) groups is 2. The van der Waals surface area contributed by atoms with E-state index in [0.717, 1.165) is 15.6 Å². The van der Waals surface area contributed by atoms with Crippen molar-refractivity contribution in [3.63, 3.8) is 0 Å². The second kappa shape index (κ2) is 11.0. The lowest BCUT2D eigenvalue weighted by Gasteiger charge is -2.06. The molecule has 0 saturated carbocycles. The van der Waals surface area contributed by atoms with Gasteiger partial charge in [-0.05, 0) is 55.0 Å². The van der Waals surface area contributed by atoms with Crippen molar-refractivity contribution in [2.75, 3.05) is 6.54 Å². The number of amides is 1. The van der Waals surface area contributed by atoms with Crippen LogP contribution in [0.5, 0.6) is 5.75 Å². The summed E-state index contributed by atoms with van der Waals surface area (Å²) in [5.74, 6) is -0.865. The number of hydrogen-bond donors (Lipinski definition) is 2. The van der Waals surface area contributed by atoms with Gasteiger partial charge in [0.15, 0.2) is 0 Å². The van der Waals surface area contributed by atoms with Gasteiger partial charge < -0.3 is 4.74 Å². The van der Waals surface area contributed by atoms with Gasteiger partial charge in [0, 0.05) is 10.1 Å². The molecule has 0 spiro atoms. The first-order valence-electron chi connectivity index (χ1n) is 10.6. The van der Waals surface area contributed by atoms with Gasteiger partial charge >= 0.3 is 5.97 Å². The van der Waals surface area contributed by atoms with E-state index < -0.39 is 28.4 Å². The number of benzene rings is 3. The third kappa shape index (κ3) is 6.16. The highest BCUT2D eigenvalue weighted by atomic mass is 35.5. The normalized spacial score (nSPS) is 11.6. The summed E-state index contributed by atoms with van der Waals surface area (Å²) in [6.07, 6.45) is 1.38. The molecule has 0 aliphatic rings. The van der Waals surface area contributed by atoms with Crippen molar-refractivity contribution in [2.45, 2.75) is 11.8 Å². The Hall–Kier alpha value is -3.57. The lowest BCUT2D eigenvalue weighted by Crippen LogP contribution is -2.34. The van der Waals surface area contributed by atoms with E-state index in [1.54, 1.807) is 36.4 Å². The molecule has 8 nitrogen and oxygen atoms in total. The molecule has 4 rings (SSSR count). The van der Waals surface area contributed by atoms with Crippen LogP contribution in [-0.2, 0) is 14.8 Å². The largest absolute Gasteiger partial charge is 0.422 e. The van der Waals surface area contributed by atoms with E-state index >= 15 is 0 Å². The van der Waals surface area contributed by atoms with Gasteiger partial charge in [0.05, 0.1) is 22.7 Å². The summed E-state index contributed by atoms with van der Waals surface area (Å²) in [5, 5.41) is 4.98. The minimum absolute atomic E-state index is 0.0693. The maximum absolute atomic E-state index is 12.6. The van der Waals surface area contributed by atoms with Crippen LogP contribution in [0, 0.1) is 6.92 Å². The zero-order chi connectivity index (χ0) is 25.7. The summed E-state index contributed by atoms with van der Waals surface area (Å²) in [6, 6.07) is 20.2. The number of nitrogens with one attached hydrogen (secondary N) is 2. The van der Waals surface area contributed by atoms with E-state index in [0.29, 0.717) is 21.2 Å². The summed E-state index contributed by atoms with van der Waals surface area (Å²) in [6.45, 7) is 1.38. The first-order chi connectivity index (χ1) is 17.2. The van der Waals surface area contributed by atoms with E-state index in [-0.39, 0.29) is 4.90 Å². The summed E-state index contributed by atoms with van der Waals surface area (Å²) < 4.78 is 33.0. The van der Waals surface area contributed by atoms with Crippen molar-refractivity contribution in [3.05, 3.63) is 93.8 Å². The maximum Gasteiger partial charge on any atom is 0.355 e. The van der Waals surface area contributed by atoms with Crippen molar-refractivity contribution < 1.29 is 22.7 Å². The summed E-state index contributed by atoms with van der Waals surface area (Å²) in [7, 11) is -3.81. The number of hydrazone groups is 1. The Labute approximate surface area is 216 Å². The Balaban J connectivity index is 1.29. The molecule has 0 fully saturated rings. The third-order valence-electron chi connectivity index (χ3n) is 4.97. The average molecular weight is 542 g/mol. The highest BCUT2D eigenvalue weighted by Crippen LogP contribution is 2.35. The van der Waals surface area contributed by atoms with E-state index in [1.165, 1.54) is 29.7 Å². The van der Waals surface area contributed by atoms with Gasteiger partial charge in [-0.2, -0.15) is 5.10 Å². The van der Waals surface area contributed by atoms with Gasteiger partial charge in [0.1, 0.15) is 10.6 Å². The fraction of sp³-hybridized carbons (Fsp3) is 0.0800. The van der Waals surface area contributed by atoms with Crippen LogP contribution in [0.1, 0.15) is 20.8 Å². The number of thiophene rings is 1. The van der Waals surface area contributed by atoms with Crippen LogP contribution in [0.2, 0.25) is 5.02 Å². The molecule has 0 atom stereocenters. The van der Waals surface area contributed by atoms with Crippen molar-refractivity contribution in [2.24, 2.45) is 5.10 Å². The maximum atomic E-state index is 12.6. The number of sulfonamides is 1. The first-order valence-corrected chi connectivity index (χ1v) is 13.3. The monoisotopic (exact) mass is 541 g/mol. The van der Waals surface area contributed by atoms with Crippen LogP contribution in [0.15, 0.2) is 82.8 Å². The quantitative estimate of drug-likeness (QED) is 0.147. The highest BCUT2D eigenvalue weighted by Gasteiger charge is 2.19. The van der Waals surface area contributed by atoms with E-state index in [1.807, 2.05) is 31.2 Å². The molecular weight excluding hydrogens is 522 g/mol. The predicted molar refractivity (Wildman–Crippen MR) is 140 cm³/mol.